The molecule has 1 fully saturated rings. The predicted molar refractivity (Wildman–Crippen MR) is 77.9 cm³/mol. The average Bonchev–Trinajstić information content (AvgIpc) is 2.48. The van der Waals surface area contributed by atoms with Gasteiger partial charge in [0.15, 0.2) is 6.29 Å². The Balaban J connectivity index is 1.61. The van der Waals surface area contributed by atoms with E-state index in [9.17, 15) is 0 Å². The monoisotopic (exact) mass is 282 g/mol. The molecule has 0 amide bonds. The maximum atomic E-state index is 5.71. The first-order chi connectivity index (χ1) is 9.40. The third-order valence-electron chi connectivity index (χ3n) is 3.06. The Morgan fingerprint density at radius 2 is 2.21 bits per heavy atom. The normalized spacial score (nSPS) is 19.3. The molecular formula is C15H22O3S. The summed E-state index contributed by atoms with van der Waals surface area (Å²) in [6, 6.07) is 8.12. The van der Waals surface area contributed by atoms with Crippen LogP contribution in [0, 0.1) is 0 Å². The molecule has 0 aliphatic carbocycles. The van der Waals surface area contributed by atoms with Gasteiger partial charge in [0.05, 0.1) is 13.7 Å². The lowest BCUT2D eigenvalue weighted by molar-refractivity contribution is -0.162. The van der Waals surface area contributed by atoms with Crippen molar-refractivity contribution in [3.63, 3.8) is 0 Å². The molecule has 106 valence electrons. The van der Waals surface area contributed by atoms with Crippen molar-refractivity contribution in [2.24, 2.45) is 0 Å². The van der Waals surface area contributed by atoms with Gasteiger partial charge >= 0.3 is 0 Å². The van der Waals surface area contributed by atoms with Gasteiger partial charge in [0.25, 0.3) is 0 Å². The van der Waals surface area contributed by atoms with Gasteiger partial charge < -0.3 is 14.2 Å². The lowest BCUT2D eigenvalue weighted by atomic mass is 10.2. The van der Waals surface area contributed by atoms with Crippen molar-refractivity contribution in [3.8, 4) is 5.75 Å². The smallest absolute Gasteiger partial charge is 0.157 e. The fourth-order valence-electron chi connectivity index (χ4n) is 2.04. The SMILES string of the molecule is COc1ccccc1SCCCOC1CCCCO1. The summed E-state index contributed by atoms with van der Waals surface area (Å²) in [4.78, 5) is 1.19. The number of thioether (sulfide) groups is 1. The zero-order valence-electron chi connectivity index (χ0n) is 11.5. The number of hydrogen-bond donors (Lipinski definition) is 0. The molecule has 3 nitrogen and oxygen atoms in total. The number of hydrogen-bond acceptors (Lipinski definition) is 4. The van der Waals surface area contributed by atoms with Crippen molar-refractivity contribution in [1.29, 1.82) is 0 Å². The van der Waals surface area contributed by atoms with Crippen LogP contribution in [0.2, 0.25) is 0 Å². The zero-order chi connectivity index (χ0) is 13.3. The summed E-state index contributed by atoms with van der Waals surface area (Å²) < 4.78 is 16.6. The van der Waals surface area contributed by atoms with E-state index in [1.807, 2.05) is 30.0 Å². The highest BCUT2D eigenvalue weighted by atomic mass is 32.2. The quantitative estimate of drug-likeness (QED) is 0.563. The van der Waals surface area contributed by atoms with E-state index in [2.05, 4.69) is 6.07 Å². The molecule has 0 bridgehead atoms. The Labute approximate surface area is 119 Å². The van der Waals surface area contributed by atoms with Gasteiger partial charge in [-0.05, 0) is 37.8 Å². The summed E-state index contributed by atoms with van der Waals surface area (Å²) in [7, 11) is 1.71. The number of rotatable bonds is 7. The minimum absolute atomic E-state index is 0.0324. The van der Waals surface area contributed by atoms with Crippen LogP contribution in [0.15, 0.2) is 29.2 Å². The maximum absolute atomic E-state index is 5.71. The summed E-state index contributed by atoms with van der Waals surface area (Å²) in [6.45, 7) is 1.62. The van der Waals surface area contributed by atoms with E-state index in [4.69, 9.17) is 14.2 Å². The molecule has 1 atom stereocenters. The fourth-order valence-corrected chi connectivity index (χ4v) is 2.99. The Bertz CT molecular complexity index is 364. The standard InChI is InChI=1S/C15H22O3S/c1-16-13-7-2-3-8-14(13)19-12-6-11-18-15-9-4-5-10-17-15/h2-3,7-8,15H,4-6,9-12H2,1H3. The summed E-state index contributed by atoms with van der Waals surface area (Å²) in [5.41, 5.74) is 0. The Morgan fingerprint density at radius 1 is 1.32 bits per heavy atom. The summed E-state index contributed by atoms with van der Waals surface area (Å²) in [5.74, 6) is 1.98. The molecule has 0 aromatic heterocycles. The van der Waals surface area contributed by atoms with Crippen molar-refractivity contribution in [2.45, 2.75) is 36.9 Å². The van der Waals surface area contributed by atoms with Crippen LogP contribution in [0.3, 0.4) is 0 Å². The molecule has 1 aliphatic heterocycles. The van der Waals surface area contributed by atoms with Crippen molar-refractivity contribution in [3.05, 3.63) is 24.3 Å². The molecule has 0 saturated carbocycles. The van der Waals surface area contributed by atoms with E-state index in [0.717, 1.165) is 37.6 Å². The largest absolute Gasteiger partial charge is 0.496 e. The first-order valence-electron chi connectivity index (χ1n) is 6.89. The van der Waals surface area contributed by atoms with Gasteiger partial charge in [-0.2, -0.15) is 0 Å². The lowest BCUT2D eigenvalue weighted by Crippen LogP contribution is -2.22. The van der Waals surface area contributed by atoms with E-state index in [0.29, 0.717) is 0 Å². The molecule has 1 unspecified atom stereocenters. The molecular weight excluding hydrogens is 260 g/mol. The van der Waals surface area contributed by atoms with Crippen molar-refractivity contribution >= 4 is 11.8 Å². The second kappa shape index (κ2) is 8.46. The fraction of sp³-hybridized carbons (Fsp3) is 0.600. The van der Waals surface area contributed by atoms with Gasteiger partial charge in [-0.1, -0.05) is 12.1 Å². The first kappa shape index (κ1) is 14.7. The predicted octanol–water partition coefficient (Wildman–Crippen LogP) is 3.72. The zero-order valence-corrected chi connectivity index (χ0v) is 12.3. The van der Waals surface area contributed by atoms with Crippen molar-refractivity contribution in [1.82, 2.24) is 0 Å². The molecule has 0 spiro atoms. The third-order valence-corrected chi connectivity index (χ3v) is 4.20. The summed E-state index contributed by atoms with van der Waals surface area (Å²) >= 11 is 1.81. The molecule has 1 aromatic carbocycles. The maximum Gasteiger partial charge on any atom is 0.157 e. The molecule has 0 N–H and O–H groups in total. The van der Waals surface area contributed by atoms with Crippen LogP contribution in [0.25, 0.3) is 0 Å². The van der Waals surface area contributed by atoms with Crippen molar-refractivity contribution < 1.29 is 14.2 Å². The number of benzene rings is 1. The summed E-state index contributed by atoms with van der Waals surface area (Å²) in [6.07, 6.45) is 4.50. The molecule has 2 rings (SSSR count). The van der Waals surface area contributed by atoms with E-state index in [-0.39, 0.29) is 6.29 Å². The van der Waals surface area contributed by atoms with Gasteiger partial charge in [0, 0.05) is 17.3 Å². The highest BCUT2D eigenvalue weighted by Crippen LogP contribution is 2.29. The first-order valence-corrected chi connectivity index (χ1v) is 7.88. The van der Waals surface area contributed by atoms with Crippen LogP contribution in [0.5, 0.6) is 5.75 Å². The minimum Gasteiger partial charge on any atom is -0.496 e. The number of para-hydroxylation sites is 1. The topological polar surface area (TPSA) is 27.7 Å². The highest BCUT2D eigenvalue weighted by molar-refractivity contribution is 7.99. The Kier molecular flexibility index (Phi) is 6.54. The van der Waals surface area contributed by atoms with Crippen LogP contribution >= 0.6 is 11.8 Å². The van der Waals surface area contributed by atoms with Crippen LogP contribution in [0.1, 0.15) is 25.7 Å². The van der Waals surface area contributed by atoms with Gasteiger partial charge in [-0.15, -0.1) is 11.8 Å². The van der Waals surface area contributed by atoms with E-state index in [1.54, 1.807) is 7.11 Å². The van der Waals surface area contributed by atoms with E-state index in [1.165, 1.54) is 17.7 Å². The van der Waals surface area contributed by atoms with Crippen LogP contribution in [-0.2, 0) is 9.47 Å². The molecule has 4 heteroatoms. The van der Waals surface area contributed by atoms with E-state index < -0.39 is 0 Å². The highest BCUT2D eigenvalue weighted by Gasteiger charge is 2.13. The van der Waals surface area contributed by atoms with Gasteiger partial charge in [-0.25, -0.2) is 0 Å². The Morgan fingerprint density at radius 3 is 3.00 bits per heavy atom. The second-order valence-electron chi connectivity index (χ2n) is 4.52. The minimum atomic E-state index is 0.0324. The molecule has 0 radical (unpaired) electrons. The van der Waals surface area contributed by atoms with Crippen LogP contribution in [-0.4, -0.2) is 32.4 Å². The average molecular weight is 282 g/mol. The molecule has 1 aromatic rings. The molecule has 19 heavy (non-hydrogen) atoms. The second-order valence-corrected chi connectivity index (χ2v) is 5.66. The van der Waals surface area contributed by atoms with Gasteiger partial charge in [-0.3, -0.25) is 0 Å². The van der Waals surface area contributed by atoms with Gasteiger partial charge in [0.1, 0.15) is 5.75 Å². The summed E-state index contributed by atoms with van der Waals surface area (Å²) in [5, 5.41) is 0. The van der Waals surface area contributed by atoms with Crippen LogP contribution in [0.4, 0.5) is 0 Å². The van der Waals surface area contributed by atoms with Crippen LogP contribution < -0.4 is 4.74 Å². The molecule has 1 saturated heterocycles. The lowest BCUT2D eigenvalue weighted by Gasteiger charge is -2.22. The number of ether oxygens (including phenoxy) is 3. The van der Waals surface area contributed by atoms with E-state index >= 15 is 0 Å². The Hall–Kier alpha value is -0.710. The van der Waals surface area contributed by atoms with Gasteiger partial charge in [0.2, 0.25) is 0 Å². The third kappa shape index (κ3) is 5.05. The van der Waals surface area contributed by atoms with Crippen molar-refractivity contribution in [2.75, 3.05) is 26.1 Å². The molecule has 1 heterocycles. The number of methoxy groups -OCH3 is 1. The molecule has 1 aliphatic rings.